The van der Waals surface area contributed by atoms with Crippen molar-refractivity contribution in [1.82, 2.24) is 4.90 Å². The van der Waals surface area contributed by atoms with Crippen molar-refractivity contribution in [2.45, 2.75) is 0 Å². The predicted molar refractivity (Wildman–Crippen MR) is 125 cm³/mol. The number of nitrogens with zero attached hydrogens (tertiary/aromatic N) is 1. The lowest BCUT2D eigenvalue weighted by Gasteiger charge is -2.29. The molecule has 0 unspecified atom stereocenters. The number of hydrogen-bond donors (Lipinski definition) is 1. The first kappa shape index (κ1) is 23.1. The number of anilines is 1. The van der Waals surface area contributed by atoms with Crippen LogP contribution in [0.15, 0.2) is 34.8 Å². The van der Waals surface area contributed by atoms with Gasteiger partial charge in [0.05, 0.1) is 34.8 Å². The van der Waals surface area contributed by atoms with Gasteiger partial charge in [-0.05, 0) is 46.3 Å². The fourth-order valence-corrected chi connectivity index (χ4v) is 4.00. The third-order valence-corrected chi connectivity index (χ3v) is 6.15. The van der Waals surface area contributed by atoms with Gasteiger partial charge < -0.3 is 24.4 Å². The van der Waals surface area contributed by atoms with Crippen molar-refractivity contribution in [3.8, 4) is 11.5 Å². The number of morpholine rings is 1. The SMILES string of the molecule is COc1cc(C(=S)N2CCOCC2)cc(Br)c1OCC(=O)Nc1ccc(Cl)c(Cl)c1. The molecule has 0 spiro atoms. The Morgan fingerprint density at radius 3 is 2.63 bits per heavy atom. The van der Waals surface area contributed by atoms with E-state index < -0.39 is 0 Å². The minimum absolute atomic E-state index is 0.220. The Morgan fingerprint density at radius 1 is 1.23 bits per heavy atom. The van der Waals surface area contributed by atoms with E-state index in [9.17, 15) is 4.79 Å². The molecule has 1 fully saturated rings. The molecule has 1 saturated heterocycles. The molecular formula is C20H19BrCl2N2O4S. The number of carbonyl (C=O) groups excluding carboxylic acids is 1. The average Bonchev–Trinajstić information content (AvgIpc) is 2.75. The van der Waals surface area contributed by atoms with Crippen LogP contribution in [0.3, 0.4) is 0 Å². The van der Waals surface area contributed by atoms with Gasteiger partial charge in [0, 0.05) is 24.3 Å². The second kappa shape index (κ2) is 10.6. The zero-order valence-electron chi connectivity index (χ0n) is 16.0. The molecule has 0 atom stereocenters. The van der Waals surface area contributed by atoms with E-state index >= 15 is 0 Å². The molecular weight excluding hydrogens is 515 g/mol. The zero-order chi connectivity index (χ0) is 21.7. The quantitative estimate of drug-likeness (QED) is 0.539. The van der Waals surface area contributed by atoms with Gasteiger partial charge in [-0.2, -0.15) is 0 Å². The van der Waals surface area contributed by atoms with Crippen LogP contribution in [-0.4, -0.2) is 55.8 Å². The molecule has 30 heavy (non-hydrogen) atoms. The first-order valence-corrected chi connectivity index (χ1v) is 11.0. The van der Waals surface area contributed by atoms with E-state index in [2.05, 4.69) is 26.1 Å². The molecule has 10 heteroatoms. The summed E-state index contributed by atoms with van der Waals surface area (Å²) in [7, 11) is 1.53. The number of methoxy groups -OCH3 is 1. The third kappa shape index (κ3) is 5.76. The molecule has 1 heterocycles. The maximum absolute atomic E-state index is 12.3. The number of amides is 1. The maximum atomic E-state index is 12.3. The Morgan fingerprint density at radius 2 is 1.97 bits per heavy atom. The van der Waals surface area contributed by atoms with Crippen molar-refractivity contribution in [2.24, 2.45) is 0 Å². The zero-order valence-corrected chi connectivity index (χ0v) is 20.0. The van der Waals surface area contributed by atoms with Crippen LogP contribution in [0.2, 0.25) is 10.0 Å². The standard InChI is InChI=1S/C20H19BrCl2N2O4S/c1-27-17-9-12(20(30)25-4-6-28-7-5-25)8-14(21)19(17)29-11-18(26)24-13-2-3-15(22)16(23)10-13/h2-3,8-10H,4-7,11H2,1H3,(H,24,26). The molecule has 0 radical (unpaired) electrons. The minimum Gasteiger partial charge on any atom is -0.493 e. The highest BCUT2D eigenvalue weighted by atomic mass is 79.9. The first-order valence-electron chi connectivity index (χ1n) is 9.01. The number of halogens is 3. The van der Waals surface area contributed by atoms with Crippen LogP contribution in [0.1, 0.15) is 5.56 Å². The van der Waals surface area contributed by atoms with Gasteiger partial charge in [0.15, 0.2) is 18.1 Å². The largest absolute Gasteiger partial charge is 0.493 e. The van der Waals surface area contributed by atoms with Gasteiger partial charge in [-0.1, -0.05) is 35.4 Å². The van der Waals surface area contributed by atoms with Crippen LogP contribution in [-0.2, 0) is 9.53 Å². The van der Waals surface area contributed by atoms with Crippen LogP contribution < -0.4 is 14.8 Å². The highest BCUT2D eigenvalue weighted by Crippen LogP contribution is 2.37. The van der Waals surface area contributed by atoms with Gasteiger partial charge >= 0.3 is 0 Å². The number of nitrogens with one attached hydrogen (secondary N) is 1. The van der Waals surface area contributed by atoms with E-state index in [4.69, 9.17) is 49.6 Å². The van der Waals surface area contributed by atoms with E-state index in [1.807, 2.05) is 6.07 Å². The van der Waals surface area contributed by atoms with Gasteiger partial charge in [-0.15, -0.1) is 0 Å². The van der Waals surface area contributed by atoms with Crippen molar-refractivity contribution in [1.29, 1.82) is 0 Å². The predicted octanol–water partition coefficient (Wildman–Crippen LogP) is 4.79. The first-order chi connectivity index (χ1) is 14.4. The second-order valence-electron chi connectivity index (χ2n) is 6.36. The van der Waals surface area contributed by atoms with Crippen LogP contribution in [0.25, 0.3) is 0 Å². The van der Waals surface area contributed by atoms with E-state index in [1.165, 1.54) is 7.11 Å². The maximum Gasteiger partial charge on any atom is 0.262 e. The van der Waals surface area contributed by atoms with E-state index in [0.29, 0.717) is 49.9 Å². The van der Waals surface area contributed by atoms with Crippen molar-refractivity contribution in [3.05, 3.63) is 50.4 Å². The van der Waals surface area contributed by atoms with Crippen molar-refractivity contribution >= 4 is 67.9 Å². The lowest BCUT2D eigenvalue weighted by Crippen LogP contribution is -2.40. The van der Waals surface area contributed by atoms with Crippen molar-refractivity contribution < 1.29 is 19.0 Å². The van der Waals surface area contributed by atoms with Crippen molar-refractivity contribution in [3.63, 3.8) is 0 Å². The summed E-state index contributed by atoms with van der Waals surface area (Å²) in [4.78, 5) is 15.1. The summed E-state index contributed by atoms with van der Waals surface area (Å²) in [6, 6.07) is 8.49. The minimum atomic E-state index is -0.352. The summed E-state index contributed by atoms with van der Waals surface area (Å²) < 4.78 is 17.2. The molecule has 160 valence electrons. The Hall–Kier alpha value is -1.58. The fourth-order valence-electron chi connectivity index (χ4n) is 2.84. The summed E-state index contributed by atoms with van der Waals surface area (Å²) in [5.41, 5.74) is 1.35. The molecule has 1 amide bonds. The fraction of sp³-hybridized carbons (Fsp3) is 0.300. The number of thiocarbonyl (C=S) groups is 1. The van der Waals surface area contributed by atoms with Gasteiger partial charge in [0.2, 0.25) is 0 Å². The molecule has 2 aromatic rings. The summed E-state index contributed by atoms with van der Waals surface area (Å²) in [5.74, 6) is 0.530. The molecule has 0 aliphatic carbocycles. The second-order valence-corrected chi connectivity index (χ2v) is 8.42. The summed E-state index contributed by atoms with van der Waals surface area (Å²) >= 11 is 21.0. The Balaban J connectivity index is 1.68. The van der Waals surface area contributed by atoms with Crippen LogP contribution >= 0.6 is 51.3 Å². The average molecular weight is 534 g/mol. The highest BCUT2D eigenvalue weighted by molar-refractivity contribution is 9.10. The number of benzene rings is 2. The molecule has 0 saturated carbocycles. The molecule has 0 bridgehead atoms. The summed E-state index contributed by atoms with van der Waals surface area (Å²) in [6.45, 7) is 2.56. The normalized spacial score (nSPS) is 13.7. The van der Waals surface area contributed by atoms with Crippen LogP contribution in [0.5, 0.6) is 11.5 Å². The monoisotopic (exact) mass is 532 g/mol. The smallest absolute Gasteiger partial charge is 0.262 e. The molecule has 1 aliphatic rings. The number of hydrogen-bond acceptors (Lipinski definition) is 5. The van der Waals surface area contributed by atoms with E-state index in [1.54, 1.807) is 24.3 Å². The van der Waals surface area contributed by atoms with Crippen LogP contribution in [0.4, 0.5) is 5.69 Å². The molecule has 0 aromatic heterocycles. The molecule has 3 rings (SSSR count). The number of carbonyl (C=O) groups is 1. The molecule has 1 aliphatic heterocycles. The number of ether oxygens (including phenoxy) is 3. The topological polar surface area (TPSA) is 60.0 Å². The third-order valence-electron chi connectivity index (χ3n) is 4.33. The van der Waals surface area contributed by atoms with E-state index in [0.717, 1.165) is 18.7 Å². The lowest BCUT2D eigenvalue weighted by molar-refractivity contribution is -0.118. The molecule has 6 nitrogen and oxygen atoms in total. The molecule has 2 aromatic carbocycles. The number of rotatable bonds is 6. The van der Waals surface area contributed by atoms with Gasteiger partial charge in [0.1, 0.15) is 4.99 Å². The van der Waals surface area contributed by atoms with Gasteiger partial charge in [-0.3, -0.25) is 4.79 Å². The Kier molecular flexibility index (Phi) is 8.19. The Bertz CT molecular complexity index is 955. The van der Waals surface area contributed by atoms with Gasteiger partial charge in [-0.25, -0.2) is 0 Å². The lowest BCUT2D eigenvalue weighted by atomic mass is 10.1. The van der Waals surface area contributed by atoms with Gasteiger partial charge in [0.25, 0.3) is 5.91 Å². The van der Waals surface area contributed by atoms with Crippen LogP contribution in [0, 0.1) is 0 Å². The molecule has 1 N–H and O–H groups in total. The summed E-state index contributed by atoms with van der Waals surface area (Å²) in [6.07, 6.45) is 0. The van der Waals surface area contributed by atoms with E-state index in [-0.39, 0.29) is 12.5 Å². The Labute approximate surface area is 198 Å². The summed E-state index contributed by atoms with van der Waals surface area (Å²) in [5, 5.41) is 3.47. The van der Waals surface area contributed by atoms with Crippen molar-refractivity contribution in [2.75, 3.05) is 45.3 Å². The highest BCUT2D eigenvalue weighted by Gasteiger charge is 2.20.